The number of aromatic amines is 1. The van der Waals surface area contributed by atoms with Crippen molar-refractivity contribution in [2.24, 2.45) is 0 Å². The van der Waals surface area contributed by atoms with Gasteiger partial charge < -0.3 is 0 Å². The first kappa shape index (κ1) is 43.8. The van der Waals surface area contributed by atoms with Gasteiger partial charge in [0.05, 0.1) is 22.5 Å². The molecular weight excluding hydrogens is 566 g/mol. The molecule has 2 heterocycles. The number of hydrogen-bond acceptors (Lipinski definition) is 5. The second kappa shape index (κ2) is 20.3. The Morgan fingerprint density at radius 2 is 1.34 bits per heavy atom. The Kier molecular flexibility index (Phi) is 20.1. The lowest BCUT2D eigenvalue weighted by Gasteiger charge is -2.12. The second-order valence-electron chi connectivity index (χ2n) is 8.23. The molecule has 0 aliphatic rings. The summed E-state index contributed by atoms with van der Waals surface area (Å²) in [7, 11) is 0. The molecule has 0 bridgehead atoms. The largest absolute Gasteiger partial charge is 0.277 e. The highest BCUT2D eigenvalue weighted by molar-refractivity contribution is 7.99. The van der Waals surface area contributed by atoms with Gasteiger partial charge in [-0.2, -0.15) is 5.10 Å². The van der Waals surface area contributed by atoms with Crippen molar-refractivity contribution in [1.29, 1.82) is 0 Å². The Labute approximate surface area is 269 Å². The first-order valence-corrected chi connectivity index (χ1v) is 12.4. The zero-order valence-corrected chi connectivity index (χ0v) is 20.8. The molecule has 5 rings (SSSR count). The van der Waals surface area contributed by atoms with Gasteiger partial charge in [-0.1, -0.05) is 100 Å². The summed E-state index contributed by atoms with van der Waals surface area (Å²) in [6.07, 6.45) is 5.60. The molecule has 0 saturated heterocycles. The number of carbonyl (C=O) groups is 2. The number of aryl methyl sites for hydroxylation is 1. The Hall–Kier alpha value is -4.69. The Balaban J connectivity index is -0.00000240. The third-order valence-corrected chi connectivity index (χ3v) is 6.77. The summed E-state index contributed by atoms with van der Waals surface area (Å²) in [6.45, 7) is 1.85. The molecule has 0 radical (unpaired) electrons. The normalized spacial score (nSPS) is 9.30. The topological polar surface area (TPSA) is 99.8 Å². The molecule has 0 spiro atoms. The van der Waals surface area contributed by atoms with Crippen molar-refractivity contribution in [2.45, 2.75) is 68.7 Å². The van der Waals surface area contributed by atoms with Crippen LogP contribution in [0.15, 0.2) is 101 Å². The van der Waals surface area contributed by atoms with Crippen molar-refractivity contribution < 1.29 is 9.59 Å². The van der Waals surface area contributed by atoms with Gasteiger partial charge in [0.2, 0.25) is 0 Å². The number of rotatable bonds is 6. The van der Waals surface area contributed by atoms with Gasteiger partial charge in [-0.15, -0.1) is 0 Å². The maximum Gasteiger partial charge on any atom is 0.270 e. The van der Waals surface area contributed by atoms with Crippen LogP contribution in [0.5, 0.6) is 0 Å². The summed E-state index contributed by atoms with van der Waals surface area (Å²) >= 11 is 1.46. The van der Waals surface area contributed by atoms with Crippen LogP contribution in [0, 0.1) is 6.92 Å². The van der Waals surface area contributed by atoms with Crippen LogP contribution in [0.3, 0.4) is 0 Å². The third-order valence-electron chi connectivity index (χ3n) is 5.70. The van der Waals surface area contributed by atoms with Gasteiger partial charge in [-0.05, 0) is 73.2 Å². The quantitative estimate of drug-likeness (QED) is 0.165. The van der Waals surface area contributed by atoms with E-state index in [2.05, 4.69) is 26.0 Å². The van der Waals surface area contributed by atoms with Crippen LogP contribution in [-0.2, 0) is 0 Å². The van der Waals surface area contributed by atoms with Gasteiger partial charge in [0, 0.05) is 26.9 Å². The van der Waals surface area contributed by atoms with Crippen molar-refractivity contribution in [3.8, 4) is 0 Å². The molecule has 0 aliphatic heterocycles. The Morgan fingerprint density at radius 1 is 0.727 bits per heavy atom. The maximum absolute atomic E-state index is 12.9. The van der Waals surface area contributed by atoms with Crippen LogP contribution in [0.2, 0.25) is 0 Å². The van der Waals surface area contributed by atoms with E-state index in [1.807, 2.05) is 79.7 Å². The summed E-state index contributed by atoms with van der Waals surface area (Å²) in [4.78, 5) is 31.4. The number of amides is 2. The highest BCUT2D eigenvalue weighted by atomic mass is 32.2. The number of nitrogens with one attached hydrogen (secondary N) is 3. The number of benzene rings is 3. The predicted molar refractivity (Wildman–Crippen MR) is 193 cm³/mol. The average Bonchev–Trinajstić information content (AvgIpc) is 3.33. The lowest BCUT2D eigenvalue weighted by atomic mass is 10.1. The highest BCUT2D eigenvalue weighted by Gasteiger charge is 2.15. The summed E-state index contributed by atoms with van der Waals surface area (Å²) in [5, 5.41) is 8.49. The molecule has 3 aromatic carbocycles. The Morgan fingerprint density at radius 3 is 2.00 bits per heavy atom. The highest BCUT2D eigenvalue weighted by Crippen LogP contribution is 2.32. The molecule has 5 aromatic rings. The minimum Gasteiger partial charge on any atom is -0.277 e. The standard InChI is InChI=1S/C29H23N5O2S.7CH4/c1-19-8-2-3-10-22(19)28(35)33-34-29(36)24-11-4-5-12-27(24)37-21-14-15-23-25(31-32-26(23)18-21)16-13-20-9-6-7-17-30-20;;;;;;;/h2-18H,1H3,(H,31,32)(H,33,35)(H,34,36);7*1H4/b16-13+;;;;;;;. The van der Waals surface area contributed by atoms with Crippen LogP contribution in [-0.4, -0.2) is 27.0 Å². The second-order valence-corrected chi connectivity index (χ2v) is 9.34. The number of H-pyrrole nitrogens is 1. The lowest BCUT2D eigenvalue weighted by molar-refractivity contribution is 0.0844. The number of nitrogens with zero attached hydrogens (tertiary/aromatic N) is 2. The number of pyridine rings is 1. The molecule has 0 aliphatic carbocycles. The van der Waals surface area contributed by atoms with Gasteiger partial charge in [0.15, 0.2) is 0 Å². The molecule has 44 heavy (non-hydrogen) atoms. The fraction of sp³-hybridized carbons (Fsp3) is 0.222. The molecule has 3 N–H and O–H groups in total. The van der Waals surface area contributed by atoms with E-state index in [-0.39, 0.29) is 57.9 Å². The number of hydrazine groups is 1. The van der Waals surface area contributed by atoms with E-state index in [0.717, 1.165) is 37.6 Å². The molecule has 0 fully saturated rings. The molecular formula is C36H51N5O2S. The van der Waals surface area contributed by atoms with Crippen molar-refractivity contribution in [2.75, 3.05) is 0 Å². The Bertz CT molecular complexity index is 1610. The van der Waals surface area contributed by atoms with Crippen LogP contribution in [0.4, 0.5) is 0 Å². The first-order valence-electron chi connectivity index (χ1n) is 11.6. The van der Waals surface area contributed by atoms with E-state index in [0.29, 0.717) is 11.1 Å². The van der Waals surface area contributed by atoms with Crippen LogP contribution in [0.1, 0.15) is 89.7 Å². The summed E-state index contributed by atoms with van der Waals surface area (Å²) in [6, 6.07) is 26.2. The van der Waals surface area contributed by atoms with Crippen molar-refractivity contribution in [3.63, 3.8) is 0 Å². The summed E-state index contributed by atoms with van der Waals surface area (Å²) < 4.78 is 0. The number of fused-ring (bicyclic) bond motifs is 1. The summed E-state index contributed by atoms with van der Waals surface area (Å²) in [5.41, 5.74) is 9.40. The van der Waals surface area contributed by atoms with Gasteiger partial charge in [-0.3, -0.25) is 30.5 Å². The predicted octanol–water partition coefficient (Wildman–Crippen LogP) is 10.1. The molecule has 2 amide bonds. The van der Waals surface area contributed by atoms with E-state index in [9.17, 15) is 9.59 Å². The van der Waals surface area contributed by atoms with Crippen LogP contribution in [0.25, 0.3) is 23.1 Å². The van der Waals surface area contributed by atoms with E-state index in [1.54, 1.807) is 30.5 Å². The zero-order valence-electron chi connectivity index (χ0n) is 19.9. The zero-order chi connectivity index (χ0) is 25.6. The third kappa shape index (κ3) is 10.2. The van der Waals surface area contributed by atoms with E-state index < -0.39 is 5.91 Å². The van der Waals surface area contributed by atoms with Gasteiger partial charge in [0.25, 0.3) is 11.8 Å². The number of aromatic nitrogens is 3. The fourth-order valence-corrected chi connectivity index (χ4v) is 4.78. The molecule has 0 saturated carbocycles. The van der Waals surface area contributed by atoms with E-state index in [4.69, 9.17) is 0 Å². The lowest BCUT2D eigenvalue weighted by Crippen LogP contribution is -2.42. The van der Waals surface area contributed by atoms with Crippen molar-refractivity contribution >= 4 is 46.6 Å². The molecule has 8 heteroatoms. The average molecular weight is 618 g/mol. The fourth-order valence-electron chi connectivity index (χ4n) is 3.80. The molecule has 238 valence electrons. The monoisotopic (exact) mass is 617 g/mol. The first-order chi connectivity index (χ1) is 18.1. The minimum atomic E-state index is -0.394. The van der Waals surface area contributed by atoms with Gasteiger partial charge in [0.1, 0.15) is 0 Å². The maximum atomic E-state index is 12.9. The van der Waals surface area contributed by atoms with Gasteiger partial charge >= 0.3 is 0 Å². The van der Waals surface area contributed by atoms with Gasteiger partial charge in [-0.25, -0.2) is 0 Å². The minimum absolute atomic E-state index is 0. The number of carbonyl (C=O) groups excluding carboxylic acids is 2. The van der Waals surface area contributed by atoms with E-state index in [1.165, 1.54) is 11.8 Å². The van der Waals surface area contributed by atoms with Crippen molar-refractivity contribution in [1.82, 2.24) is 26.0 Å². The van der Waals surface area contributed by atoms with Crippen LogP contribution < -0.4 is 10.9 Å². The molecule has 7 nitrogen and oxygen atoms in total. The van der Waals surface area contributed by atoms with Crippen molar-refractivity contribution in [3.05, 3.63) is 119 Å². The SMILES string of the molecule is C.C.C.C.C.C.C.Cc1ccccc1C(=O)NNC(=O)c1ccccc1Sc1ccc2c(/C=C/c3ccccn3)n[nH]c2c1. The number of hydrogen-bond donors (Lipinski definition) is 3. The molecule has 2 aromatic heterocycles. The smallest absolute Gasteiger partial charge is 0.270 e. The molecule has 0 atom stereocenters. The van der Waals surface area contributed by atoms with E-state index >= 15 is 0 Å². The van der Waals surface area contributed by atoms with Crippen LogP contribution >= 0.6 is 11.8 Å². The summed E-state index contributed by atoms with van der Waals surface area (Å²) in [5.74, 6) is -0.760. The molecule has 0 unspecified atom stereocenters.